The van der Waals surface area contributed by atoms with Gasteiger partial charge in [0, 0.05) is 79.1 Å². The smallest absolute Gasteiger partial charge is 0.224 e. The van der Waals surface area contributed by atoms with Crippen molar-refractivity contribution in [3.63, 3.8) is 0 Å². The summed E-state index contributed by atoms with van der Waals surface area (Å²) in [5.74, 6) is 3.65. The van der Waals surface area contributed by atoms with Gasteiger partial charge in [-0.05, 0) is 105 Å². The van der Waals surface area contributed by atoms with Crippen molar-refractivity contribution in [2.75, 3.05) is 45.8 Å². The average Bonchev–Trinajstić information content (AvgIpc) is 4.24. The summed E-state index contributed by atoms with van der Waals surface area (Å²) in [6, 6.07) is 16.6. The molecule has 5 N–H and O–H groups in total. The highest BCUT2D eigenvalue weighted by molar-refractivity contribution is 8.01. The summed E-state index contributed by atoms with van der Waals surface area (Å²) in [6.07, 6.45) is 15.2. The molecule has 422 valence electrons. The maximum absolute atomic E-state index is 14.6. The number of aryl methyl sites for hydroxylation is 1. The first-order valence-corrected chi connectivity index (χ1v) is 31.5. The Kier molecular flexibility index (Phi) is 17.5. The van der Waals surface area contributed by atoms with E-state index < -0.39 is 0 Å². The Morgan fingerprint density at radius 1 is 0.896 bits per heavy atom. The third-order valence-corrected chi connectivity index (χ3v) is 23.0. The van der Waals surface area contributed by atoms with E-state index in [4.69, 9.17) is 21.3 Å². The number of hydrazine groups is 1. The Labute approximate surface area is 471 Å². The minimum absolute atomic E-state index is 0.0565. The van der Waals surface area contributed by atoms with Gasteiger partial charge in [-0.1, -0.05) is 129 Å². The molecule has 10 rings (SSSR count). The summed E-state index contributed by atoms with van der Waals surface area (Å²) in [5.41, 5.74) is 10.9. The fraction of sp³-hybridized carbons (Fsp3) is 0.742. The lowest BCUT2D eigenvalue weighted by Gasteiger charge is -2.63. The number of carbonyl (C=O) groups excluding carboxylic acids is 2. The second-order valence-corrected chi connectivity index (χ2v) is 28.2. The van der Waals surface area contributed by atoms with Gasteiger partial charge in [0.2, 0.25) is 11.8 Å². The van der Waals surface area contributed by atoms with E-state index in [1.54, 1.807) is 12.1 Å². The molecule has 77 heavy (non-hydrogen) atoms. The molecule has 3 aliphatic carbocycles. The van der Waals surface area contributed by atoms with Crippen molar-refractivity contribution in [2.24, 2.45) is 57.2 Å². The van der Waals surface area contributed by atoms with Gasteiger partial charge in [-0.25, -0.2) is 10.9 Å². The first-order valence-electron chi connectivity index (χ1n) is 30.2. The molecular formula is C62H93ClN10O3S. The number of ether oxygens (including phenoxy) is 1. The van der Waals surface area contributed by atoms with Gasteiger partial charge in [0.05, 0.1) is 52.3 Å². The van der Waals surface area contributed by atoms with Crippen LogP contribution in [0, 0.1) is 63.6 Å². The highest BCUT2D eigenvalue weighted by Gasteiger charge is 2.66. The number of amides is 2. The van der Waals surface area contributed by atoms with E-state index in [1.807, 2.05) is 13.0 Å². The highest BCUT2D eigenvalue weighted by Crippen LogP contribution is 2.63. The van der Waals surface area contributed by atoms with Crippen molar-refractivity contribution in [1.82, 2.24) is 41.5 Å². The number of piperazine rings is 1. The van der Waals surface area contributed by atoms with Crippen LogP contribution in [-0.2, 0) is 16.0 Å². The number of thioether (sulfide) groups is 1. The summed E-state index contributed by atoms with van der Waals surface area (Å²) in [6.45, 7) is 27.0. The number of hydrogen-bond donors (Lipinski definition) is 5. The third kappa shape index (κ3) is 11.1. The quantitative estimate of drug-likeness (QED) is 0.116. The van der Waals surface area contributed by atoms with E-state index in [1.165, 1.54) is 74.6 Å². The molecule has 8 aliphatic rings. The molecule has 11 atom stereocenters. The predicted molar refractivity (Wildman–Crippen MR) is 311 cm³/mol. The lowest BCUT2D eigenvalue weighted by atomic mass is 9.49. The number of nitrogens with one attached hydrogen (secondary N) is 5. The molecule has 10 unspecified atom stereocenters. The zero-order chi connectivity index (χ0) is 54.4. The SMILES string of the molecule is CCNC(=O)C[C@@H]1N=C(c2ccc(CCCN3CCN(C4NCC(C(=O)NC5C(C)(C)C(Oc6ccc(C#N)c(Cl)c6)C5(C)C)CC(C5CCCCC5)C4C)CC3)cc2)C2C(C)C(C)SC2(C2CCCC2)N2C(C)NNC12. The largest absolute Gasteiger partial charge is 0.489 e. The van der Waals surface area contributed by atoms with Gasteiger partial charge in [0.25, 0.3) is 0 Å². The molecule has 0 spiro atoms. The van der Waals surface area contributed by atoms with Gasteiger partial charge in [0.15, 0.2) is 0 Å². The van der Waals surface area contributed by atoms with Crippen LogP contribution in [0.15, 0.2) is 47.5 Å². The Bertz CT molecular complexity index is 2450. The number of nitriles is 1. The van der Waals surface area contributed by atoms with Crippen molar-refractivity contribution in [3.05, 3.63) is 64.2 Å². The van der Waals surface area contributed by atoms with E-state index in [0.717, 1.165) is 52.0 Å². The Morgan fingerprint density at radius 3 is 2.27 bits per heavy atom. The number of rotatable bonds is 15. The van der Waals surface area contributed by atoms with Crippen LogP contribution in [0.2, 0.25) is 5.02 Å². The average molecular weight is 1090 g/mol. The highest BCUT2D eigenvalue weighted by atomic mass is 35.5. The van der Waals surface area contributed by atoms with Gasteiger partial charge < -0.3 is 25.6 Å². The van der Waals surface area contributed by atoms with E-state index >= 15 is 0 Å². The lowest BCUT2D eigenvalue weighted by Crippen LogP contribution is -2.75. The van der Waals surface area contributed by atoms with Gasteiger partial charge in [-0.15, -0.1) is 11.8 Å². The van der Waals surface area contributed by atoms with Gasteiger partial charge >= 0.3 is 0 Å². The van der Waals surface area contributed by atoms with Crippen molar-refractivity contribution in [3.8, 4) is 11.8 Å². The summed E-state index contributed by atoms with van der Waals surface area (Å²) >= 11 is 8.60. The van der Waals surface area contributed by atoms with Crippen LogP contribution in [0.4, 0.5) is 0 Å². The Hall–Kier alpha value is -3.26. The number of fused-ring (bicyclic) bond motifs is 3. The van der Waals surface area contributed by atoms with Crippen molar-refractivity contribution in [1.29, 1.82) is 5.26 Å². The zero-order valence-electron chi connectivity index (χ0n) is 48.0. The second kappa shape index (κ2) is 23.7. The van der Waals surface area contributed by atoms with E-state index in [-0.39, 0.29) is 76.0 Å². The van der Waals surface area contributed by atoms with Gasteiger partial charge in [-0.2, -0.15) is 5.26 Å². The number of nitrogens with zero attached hydrogens (tertiary/aromatic N) is 5. The van der Waals surface area contributed by atoms with Crippen LogP contribution in [0.25, 0.3) is 0 Å². The lowest BCUT2D eigenvalue weighted by molar-refractivity contribution is -0.174. The Morgan fingerprint density at radius 2 is 1.60 bits per heavy atom. The normalized spacial score (nSPS) is 35.9. The molecule has 15 heteroatoms. The standard InChI is InChI=1S/C62H93ClN10O3S/c1-10-65-52(74)35-51-56-70-69-41(5)73(56)62(47-20-14-15-21-47)53(38(2)40(4)77-62)54(67-51)44-24-22-42(23-25-44)17-16-28-71-29-31-72(32-30-71)55-39(3)49(43-18-12-11-13-19-43)33-46(37-66-55)57(75)68-58-60(6,7)59(61(58,8)9)76-48-27-26-45(36-64)50(63)34-48/h22-27,34,38-41,43,46-47,49,51,53,55-56,58-59,66,69-70H,10-21,28-33,35,37H2,1-9H3,(H,65,74)(H,68,75)/t38?,39?,40?,41?,46?,49?,51-,53?,55?,56?,58?,59?,62?/m0/s1. The van der Waals surface area contributed by atoms with Gasteiger partial charge in [0.1, 0.15) is 17.9 Å². The van der Waals surface area contributed by atoms with Crippen LogP contribution in [0.1, 0.15) is 156 Å². The van der Waals surface area contributed by atoms with Crippen LogP contribution < -0.4 is 31.5 Å². The summed E-state index contributed by atoms with van der Waals surface area (Å²) < 4.78 is 6.58. The number of aliphatic imine (C=N–C) groups is 1. The predicted octanol–water partition coefficient (Wildman–Crippen LogP) is 9.58. The fourth-order valence-electron chi connectivity index (χ4n) is 16.9. The van der Waals surface area contributed by atoms with E-state index in [2.05, 4.69) is 139 Å². The number of benzene rings is 2. The fourth-order valence-corrected chi connectivity index (χ4v) is 19.4. The topological polar surface area (TPSA) is 149 Å². The molecule has 0 aromatic heterocycles. The monoisotopic (exact) mass is 1090 g/mol. The van der Waals surface area contributed by atoms with Crippen LogP contribution in [-0.4, -0.2) is 125 Å². The first kappa shape index (κ1) is 57.0. The molecule has 5 heterocycles. The van der Waals surface area contributed by atoms with Crippen LogP contribution in [0.5, 0.6) is 5.75 Å². The molecule has 5 aliphatic heterocycles. The van der Waals surface area contributed by atoms with Crippen molar-refractivity contribution < 1.29 is 14.3 Å². The van der Waals surface area contributed by atoms with E-state index in [9.17, 15) is 14.9 Å². The summed E-state index contributed by atoms with van der Waals surface area (Å²) in [7, 11) is 0. The molecule has 3 saturated carbocycles. The second-order valence-electron chi connectivity index (χ2n) is 26.2. The number of hydrogen-bond acceptors (Lipinski definition) is 12. The minimum Gasteiger partial charge on any atom is -0.489 e. The van der Waals surface area contributed by atoms with Crippen LogP contribution >= 0.6 is 23.4 Å². The molecule has 2 amide bonds. The van der Waals surface area contributed by atoms with Gasteiger partial charge in [-0.3, -0.25) is 24.4 Å². The first-order chi connectivity index (χ1) is 37.0. The summed E-state index contributed by atoms with van der Waals surface area (Å²) in [4.78, 5) is 41.7. The maximum Gasteiger partial charge on any atom is 0.224 e. The molecule has 13 nitrogen and oxygen atoms in total. The maximum atomic E-state index is 14.6. The molecule has 0 radical (unpaired) electrons. The number of halogens is 1. The molecular weight excluding hydrogens is 1000 g/mol. The van der Waals surface area contributed by atoms with Crippen molar-refractivity contribution >= 4 is 40.9 Å². The Balaban J connectivity index is 0.767. The molecule has 7 fully saturated rings. The van der Waals surface area contributed by atoms with Crippen LogP contribution in [0.3, 0.4) is 0 Å². The number of carbonyl (C=O) groups is 2. The molecule has 0 bridgehead atoms. The minimum atomic E-state index is -0.312. The van der Waals surface area contributed by atoms with Crippen molar-refractivity contribution in [2.45, 2.75) is 193 Å². The van der Waals surface area contributed by atoms with E-state index in [0.29, 0.717) is 70.7 Å². The molecule has 4 saturated heterocycles. The summed E-state index contributed by atoms with van der Waals surface area (Å²) in [5, 5.41) is 21.0. The zero-order valence-corrected chi connectivity index (χ0v) is 49.6. The third-order valence-electron chi connectivity index (χ3n) is 20.7. The molecule has 2 aromatic rings. The molecule has 2 aromatic carbocycles.